The molecule has 0 aliphatic carbocycles. The third-order valence-electron chi connectivity index (χ3n) is 4.13. The number of thiazole rings is 1. The van der Waals surface area contributed by atoms with Gasteiger partial charge in [-0.25, -0.2) is 9.50 Å². The molecule has 0 radical (unpaired) electrons. The summed E-state index contributed by atoms with van der Waals surface area (Å²) in [5.41, 5.74) is 1.98. The van der Waals surface area contributed by atoms with Crippen molar-refractivity contribution in [2.45, 2.75) is 12.1 Å². The molecule has 1 fully saturated rings. The van der Waals surface area contributed by atoms with E-state index in [1.165, 1.54) is 0 Å². The van der Waals surface area contributed by atoms with Crippen LogP contribution in [0, 0.1) is 0 Å². The highest BCUT2D eigenvalue weighted by Crippen LogP contribution is 2.46. The molecule has 8 nitrogen and oxygen atoms in total. The summed E-state index contributed by atoms with van der Waals surface area (Å²) in [6, 6.07) is 4.87. The van der Waals surface area contributed by atoms with Gasteiger partial charge in [0.1, 0.15) is 10.0 Å². The SMILES string of the molecule is O=C(NC1CS(O)(O)CC1O)c1nc(-c2cnn3ccccc23)c(Cl)s1. The van der Waals surface area contributed by atoms with Crippen molar-refractivity contribution in [2.24, 2.45) is 0 Å². The maximum Gasteiger partial charge on any atom is 0.280 e. The first kappa shape index (κ1) is 17.7. The van der Waals surface area contributed by atoms with Crippen LogP contribution in [0.4, 0.5) is 0 Å². The molecule has 2 unspecified atom stereocenters. The number of rotatable bonds is 3. The number of nitrogens with zero attached hydrogens (tertiary/aromatic N) is 3. The Bertz CT molecular complexity index is 989. The molecule has 0 spiro atoms. The lowest BCUT2D eigenvalue weighted by Crippen LogP contribution is -2.42. The molecule has 1 aliphatic heterocycles. The Morgan fingerprint density at radius 1 is 1.38 bits per heavy atom. The lowest BCUT2D eigenvalue weighted by atomic mass is 10.2. The number of halogens is 1. The van der Waals surface area contributed by atoms with Gasteiger partial charge in [-0.1, -0.05) is 29.0 Å². The van der Waals surface area contributed by atoms with Crippen molar-refractivity contribution in [1.29, 1.82) is 0 Å². The number of carbonyl (C=O) groups is 1. The minimum Gasteiger partial charge on any atom is -0.389 e. The fourth-order valence-corrected chi connectivity index (χ4v) is 5.78. The quantitative estimate of drug-likeness (QED) is 0.522. The monoisotopic (exact) mass is 414 g/mol. The van der Waals surface area contributed by atoms with Crippen molar-refractivity contribution < 1.29 is 19.0 Å². The van der Waals surface area contributed by atoms with E-state index in [2.05, 4.69) is 15.4 Å². The minimum atomic E-state index is -2.85. The highest BCUT2D eigenvalue weighted by molar-refractivity contribution is 8.24. The van der Waals surface area contributed by atoms with Crippen molar-refractivity contribution >= 4 is 45.0 Å². The largest absolute Gasteiger partial charge is 0.389 e. The zero-order chi connectivity index (χ0) is 18.5. The number of aliphatic hydroxyl groups excluding tert-OH is 1. The highest BCUT2D eigenvalue weighted by atomic mass is 35.5. The van der Waals surface area contributed by atoms with Crippen molar-refractivity contribution in [2.75, 3.05) is 11.5 Å². The fourth-order valence-electron chi connectivity index (χ4n) is 2.91. The van der Waals surface area contributed by atoms with Gasteiger partial charge < -0.3 is 10.4 Å². The van der Waals surface area contributed by atoms with Crippen LogP contribution in [-0.2, 0) is 0 Å². The third kappa shape index (κ3) is 3.20. The molecule has 4 N–H and O–H groups in total. The summed E-state index contributed by atoms with van der Waals surface area (Å²) >= 11 is 7.30. The molecule has 4 heterocycles. The summed E-state index contributed by atoms with van der Waals surface area (Å²) in [6.07, 6.45) is 2.43. The molecular weight excluding hydrogens is 400 g/mol. The molecule has 3 aromatic rings. The number of pyridine rings is 1. The average molecular weight is 415 g/mol. The van der Waals surface area contributed by atoms with Crippen LogP contribution >= 0.6 is 33.5 Å². The van der Waals surface area contributed by atoms with E-state index in [1.54, 1.807) is 16.9 Å². The van der Waals surface area contributed by atoms with E-state index in [1.807, 2.05) is 18.2 Å². The smallest absolute Gasteiger partial charge is 0.280 e. The molecule has 0 aromatic carbocycles. The molecule has 0 saturated carbocycles. The van der Waals surface area contributed by atoms with E-state index in [0.717, 1.165) is 16.9 Å². The molecule has 138 valence electrons. The van der Waals surface area contributed by atoms with Crippen LogP contribution in [0.1, 0.15) is 9.80 Å². The summed E-state index contributed by atoms with van der Waals surface area (Å²) < 4.78 is 21.4. The number of hydrogen-bond donors (Lipinski definition) is 4. The van der Waals surface area contributed by atoms with E-state index in [9.17, 15) is 19.0 Å². The minimum absolute atomic E-state index is 0.0695. The molecule has 11 heteroatoms. The normalized spacial score (nSPS) is 23.2. The molecule has 3 aromatic heterocycles. The van der Waals surface area contributed by atoms with Gasteiger partial charge >= 0.3 is 0 Å². The summed E-state index contributed by atoms with van der Waals surface area (Å²) in [5, 5.41) is 16.9. The Morgan fingerprint density at radius 2 is 2.19 bits per heavy atom. The van der Waals surface area contributed by atoms with Crippen LogP contribution in [0.2, 0.25) is 4.34 Å². The maximum absolute atomic E-state index is 12.4. The first-order valence-electron chi connectivity index (χ1n) is 7.66. The summed E-state index contributed by atoms with van der Waals surface area (Å²) in [4.78, 5) is 16.8. The molecule has 26 heavy (non-hydrogen) atoms. The van der Waals surface area contributed by atoms with E-state index in [-0.39, 0.29) is 16.5 Å². The third-order valence-corrected chi connectivity index (χ3v) is 7.15. The molecular formula is C15H15ClN4O4S2. The number of nitrogens with one attached hydrogen (secondary N) is 1. The molecule has 4 rings (SSSR count). The van der Waals surface area contributed by atoms with Crippen LogP contribution < -0.4 is 5.32 Å². The number of carbonyl (C=O) groups excluding carboxylic acids is 1. The van der Waals surface area contributed by atoms with Gasteiger partial charge in [-0.2, -0.15) is 15.7 Å². The Balaban J connectivity index is 1.60. The van der Waals surface area contributed by atoms with Gasteiger partial charge in [-0.05, 0) is 12.1 Å². The Labute approximate surface area is 158 Å². The van der Waals surface area contributed by atoms with Crippen molar-refractivity contribution in [3.63, 3.8) is 0 Å². The fraction of sp³-hybridized carbons (Fsp3) is 0.267. The van der Waals surface area contributed by atoms with Gasteiger partial charge in [0.05, 0.1) is 35.4 Å². The topological polar surface area (TPSA) is 120 Å². The second-order valence-corrected chi connectivity index (χ2v) is 9.88. The zero-order valence-electron chi connectivity index (χ0n) is 13.2. The van der Waals surface area contributed by atoms with E-state index >= 15 is 0 Å². The van der Waals surface area contributed by atoms with Crippen molar-refractivity contribution in [3.05, 3.63) is 39.9 Å². The van der Waals surface area contributed by atoms with Crippen molar-refractivity contribution in [1.82, 2.24) is 19.9 Å². The first-order valence-corrected chi connectivity index (χ1v) is 10.7. The summed E-state index contributed by atoms with van der Waals surface area (Å²) in [5.74, 6) is -0.717. The van der Waals surface area contributed by atoms with E-state index < -0.39 is 28.6 Å². The van der Waals surface area contributed by atoms with Crippen molar-refractivity contribution in [3.8, 4) is 11.3 Å². The predicted octanol–water partition coefficient (Wildman–Crippen LogP) is 2.33. The zero-order valence-corrected chi connectivity index (χ0v) is 15.6. The average Bonchev–Trinajstić information content (AvgIpc) is 3.23. The van der Waals surface area contributed by atoms with Crippen LogP contribution in [-0.4, -0.2) is 58.4 Å². The molecule has 2 atom stereocenters. The number of amides is 1. The maximum atomic E-state index is 12.4. The van der Waals surface area contributed by atoms with Crippen LogP contribution in [0.25, 0.3) is 16.8 Å². The summed E-state index contributed by atoms with van der Waals surface area (Å²) in [6.45, 7) is 0. The Hall–Kier alpha value is -1.69. The van der Waals surface area contributed by atoms with E-state index in [4.69, 9.17) is 11.6 Å². The second-order valence-electron chi connectivity index (χ2n) is 6.01. The van der Waals surface area contributed by atoms with Gasteiger partial charge in [-0.15, -0.1) is 0 Å². The van der Waals surface area contributed by atoms with Gasteiger partial charge in [0.15, 0.2) is 5.01 Å². The lowest BCUT2D eigenvalue weighted by molar-refractivity contribution is 0.0888. The standard InChI is InChI=1S/C15H15ClN4O4S2/c16-13-12(8-5-17-20-4-2-1-3-10(8)20)19-15(25-13)14(22)18-9-6-26(23,24)7-11(9)21/h1-5,9,11,21,23-24H,6-7H2,(H,18,22). The van der Waals surface area contributed by atoms with Crippen LogP contribution in [0.3, 0.4) is 0 Å². The lowest BCUT2D eigenvalue weighted by Gasteiger charge is -2.25. The molecule has 1 aliphatic rings. The van der Waals surface area contributed by atoms with Gasteiger partial charge in [0.25, 0.3) is 5.91 Å². The molecule has 1 amide bonds. The summed E-state index contributed by atoms with van der Waals surface area (Å²) in [7, 11) is -2.85. The van der Waals surface area contributed by atoms with Gasteiger partial charge in [0, 0.05) is 11.8 Å². The van der Waals surface area contributed by atoms with Gasteiger partial charge in [-0.3, -0.25) is 13.9 Å². The highest BCUT2D eigenvalue weighted by Gasteiger charge is 2.38. The number of aromatic nitrogens is 3. The van der Waals surface area contributed by atoms with Crippen LogP contribution in [0.5, 0.6) is 0 Å². The Morgan fingerprint density at radius 3 is 2.92 bits per heavy atom. The van der Waals surface area contributed by atoms with Crippen LogP contribution in [0.15, 0.2) is 30.6 Å². The predicted molar refractivity (Wildman–Crippen MR) is 101 cm³/mol. The number of fused-ring (bicyclic) bond motifs is 1. The number of hydrogen-bond acceptors (Lipinski definition) is 7. The second kappa shape index (κ2) is 6.48. The number of aliphatic hydroxyl groups is 1. The molecule has 0 bridgehead atoms. The first-order chi connectivity index (χ1) is 12.3. The molecule has 1 saturated heterocycles. The Kier molecular flexibility index (Phi) is 4.41. The van der Waals surface area contributed by atoms with E-state index in [0.29, 0.717) is 15.6 Å². The van der Waals surface area contributed by atoms with Gasteiger partial charge in [0.2, 0.25) is 0 Å².